The minimum absolute atomic E-state index is 0.209. The van der Waals surface area contributed by atoms with Crippen LogP contribution in [0.5, 0.6) is 0 Å². The summed E-state index contributed by atoms with van der Waals surface area (Å²) in [6.45, 7) is 7.39. The Balaban J connectivity index is 1.40. The first-order valence-corrected chi connectivity index (χ1v) is 9.19. The van der Waals surface area contributed by atoms with Crippen LogP contribution in [-0.4, -0.2) is 38.9 Å². The van der Waals surface area contributed by atoms with Gasteiger partial charge >= 0.3 is 0 Å². The number of thiazole rings is 1. The molecule has 0 amide bonds. The van der Waals surface area contributed by atoms with Crippen molar-refractivity contribution < 1.29 is 4.74 Å². The standard InChI is InChI=1S/C17H24N4OS/c1-11-12(2)23-17(19-11)15-6-14-4-5-21(10-16(14)22-15)9-13-7-18-20(3)8-13/h7-8,14-16H,4-6,9-10H2,1-3H3/t14-,15+,16+/m1/s1. The average molecular weight is 332 g/mol. The maximum absolute atomic E-state index is 6.38. The lowest BCUT2D eigenvalue weighted by Gasteiger charge is -2.33. The second-order valence-electron chi connectivity index (χ2n) is 6.90. The summed E-state index contributed by atoms with van der Waals surface area (Å²) in [4.78, 5) is 8.52. The second kappa shape index (κ2) is 6.00. The maximum atomic E-state index is 6.38. The molecule has 124 valence electrons. The van der Waals surface area contributed by atoms with E-state index in [-0.39, 0.29) is 6.10 Å². The molecular formula is C17H24N4OS. The fraction of sp³-hybridized carbons (Fsp3) is 0.647. The Morgan fingerprint density at radius 1 is 1.39 bits per heavy atom. The Kier molecular flexibility index (Phi) is 3.99. The highest BCUT2D eigenvalue weighted by atomic mass is 32.1. The van der Waals surface area contributed by atoms with Crippen molar-refractivity contribution in [2.24, 2.45) is 13.0 Å². The number of aryl methyl sites for hydroxylation is 3. The number of fused-ring (bicyclic) bond motifs is 1. The molecule has 2 aliphatic rings. The van der Waals surface area contributed by atoms with Crippen LogP contribution >= 0.6 is 11.3 Å². The van der Waals surface area contributed by atoms with Crippen molar-refractivity contribution in [1.82, 2.24) is 19.7 Å². The van der Waals surface area contributed by atoms with Crippen molar-refractivity contribution in [3.05, 3.63) is 33.5 Å². The molecule has 3 atom stereocenters. The van der Waals surface area contributed by atoms with Crippen LogP contribution in [0, 0.1) is 19.8 Å². The molecule has 2 aliphatic heterocycles. The van der Waals surface area contributed by atoms with Gasteiger partial charge in [0.05, 0.1) is 18.0 Å². The Hall–Kier alpha value is -1.24. The van der Waals surface area contributed by atoms with Crippen LogP contribution in [-0.2, 0) is 18.3 Å². The lowest BCUT2D eigenvalue weighted by Crippen LogP contribution is -2.41. The molecule has 0 saturated carbocycles. The van der Waals surface area contributed by atoms with E-state index in [2.05, 4.69) is 30.0 Å². The van der Waals surface area contributed by atoms with Crippen LogP contribution in [0.1, 0.15) is 40.1 Å². The number of aromatic nitrogens is 3. The highest BCUT2D eigenvalue weighted by molar-refractivity contribution is 7.11. The molecule has 0 radical (unpaired) electrons. The summed E-state index contributed by atoms with van der Waals surface area (Å²) in [5.74, 6) is 0.690. The lowest BCUT2D eigenvalue weighted by atomic mass is 9.92. The van der Waals surface area contributed by atoms with E-state index in [9.17, 15) is 0 Å². The molecule has 0 bridgehead atoms. The fourth-order valence-electron chi connectivity index (χ4n) is 3.74. The van der Waals surface area contributed by atoms with Crippen LogP contribution in [0.2, 0.25) is 0 Å². The van der Waals surface area contributed by atoms with Gasteiger partial charge in [-0.2, -0.15) is 5.10 Å². The van der Waals surface area contributed by atoms with Gasteiger partial charge in [-0.3, -0.25) is 9.58 Å². The first-order chi connectivity index (χ1) is 11.1. The fourth-order valence-corrected chi connectivity index (χ4v) is 4.72. The molecule has 2 aromatic rings. The molecule has 6 heteroatoms. The molecule has 5 nitrogen and oxygen atoms in total. The highest BCUT2D eigenvalue weighted by Crippen LogP contribution is 2.42. The van der Waals surface area contributed by atoms with Crippen molar-refractivity contribution in [3.8, 4) is 0 Å². The number of piperidine rings is 1. The molecule has 0 unspecified atom stereocenters. The van der Waals surface area contributed by atoms with Gasteiger partial charge < -0.3 is 4.74 Å². The van der Waals surface area contributed by atoms with Crippen LogP contribution in [0.3, 0.4) is 0 Å². The quantitative estimate of drug-likeness (QED) is 0.867. The van der Waals surface area contributed by atoms with Crippen LogP contribution < -0.4 is 0 Å². The molecule has 2 aromatic heterocycles. The van der Waals surface area contributed by atoms with Gasteiger partial charge in [0.2, 0.25) is 0 Å². The lowest BCUT2D eigenvalue weighted by molar-refractivity contribution is -0.00942. The molecule has 2 saturated heterocycles. The van der Waals surface area contributed by atoms with Crippen molar-refractivity contribution in [2.75, 3.05) is 13.1 Å². The van der Waals surface area contributed by atoms with E-state index in [1.54, 1.807) is 11.3 Å². The zero-order valence-corrected chi connectivity index (χ0v) is 14.8. The van der Waals surface area contributed by atoms with Gasteiger partial charge in [0.1, 0.15) is 11.1 Å². The molecule has 0 aliphatic carbocycles. The van der Waals surface area contributed by atoms with Crippen molar-refractivity contribution in [3.63, 3.8) is 0 Å². The zero-order chi connectivity index (χ0) is 16.0. The second-order valence-corrected chi connectivity index (χ2v) is 8.13. The van der Waals surface area contributed by atoms with Gasteiger partial charge in [-0.05, 0) is 39.2 Å². The maximum Gasteiger partial charge on any atom is 0.122 e. The number of hydrogen-bond donors (Lipinski definition) is 0. The summed E-state index contributed by atoms with van der Waals surface area (Å²) in [6, 6.07) is 0. The largest absolute Gasteiger partial charge is 0.366 e. The third-order valence-electron chi connectivity index (χ3n) is 5.12. The summed E-state index contributed by atoms with van der Waals surface area (Å²) >= 11 is 1.80. The summed E-state index contributed by atoms with van der Waals surface area (Å²) in [7, 11) is 1.97. The van der Waals surface area contributed by atoms with E-state index in [0.29, 0.717) is 12.0 Å². The third-order valence-corrected chi connectivity index (χ3v) is 6.29. The molecule has 0 aromatic carbocycles. The van der Waals surface area contributed by atoms with Crippen LogP contribution in [0.15, 0.2) is 12.4 Å². The molecule has 0 spiro atoms. The predicted octanol–water partition coefficient (Wildman–Crippen LogP) is 2.85. The minimum atomic E-state index is 0.209. The van der Waals surface area contributed by atoms with Gasteiger partial charge in [0, 0.05) is 36.8 Å². The number of ether oxygens (including phenoxy) is 1. The summed E-state index contributed by atoms with van der Waals surface area (Å²) in [5, 5.41) is 5.44. The van der Waals surface area contributed by atoms with Gasteiger partial charge in [0.25, 0.3) is 0 Å². The Morgan fingerprint density at radius 2 is 2.26 bits per heavy atom. The smallest absolute Gasteiger partial charge is 0.122 e. The molecule has 0 N–H and O–H groups in total. The van der Waals surface area contributed by atoms with E-state index in [1.165, 1.54) is 21.9 Å². The topological polar surface area (TPSA) is 43.2 Å². The molecule has 23 heavy (non-hydrogen) atoms. The highest BCUT2D eigenvalue weighted by Gasteiger charge is 2.40. The van der Waals surface area contributed by atoms with Crippen molar-refractivity contribution in [2.45, 2.75) is 45.4 Å². The number of hydrogen-bond acceptors (Lipinski definition) is 5. The SMILES string of the molecule is Cc1nc([C@@H]2C[C@H]3CCN(Cc4cnn(C)c4)C[C@@H]3O2)sc1C. The third kappa shape index (κ3) is 3.07. The average Bonchev–Trinajstić information content (AvgIpc) is 3.19. The number of rotatable bonds is 3. The monoisotopic (exact) mass is 332 g/mol. The van der Waals surface area contributed by atoms with Crippen molar-refractivity contribution in [1.29, 1.82) is 0 Å². The summed E-state index contributed by atoms with van der Waals surface area (Å²) in [6.07, 6.45) is 7.00. The Labute approximate surface area is 141 Å². The first kappa shape index (κ1) is 15.3. The number of likely N-dealkylation sites (tertiary alicyclic amines) is 1. The minimum Gasteiger partial charge on any atom is -0.366 e. The van der Waals surface area contributed by atoms with Gasteiger partial charge in [-0.25, -0.2) is 4.98 Å². The molecule has 4 heterocycles. The first-order valence-electron chi connectivity index (χ1n) is 8.38. The van der Waals surface area contributed by atoms with E-state index < -0.39 is 0 Å². The number of nitrogens with zero attached hydrogens (tertiary/aromatic N) is 4. The van der Waals surface area contributed by atoms with Gasteiger partial charge in [-0.1, -0.05) is 0 Å². The predicted molar refractivity (Wildman–Crippen MR) is 90.4 cm³/mol. The molecular weight excluding hydrogens is 308 g/mol. The Bertz CT molecular complexity index is 675. The van der Waals surface area contributed by atoms with Crippen LogP contribution in [0.4, 0.5) is 0 Å². The van der Waals surface area contributed by atoms with E-state index in [0.717, 1.165) is 31.7 Å². The van der Waals surface area contributed by atoms with Gasteiger partial charge in [0.15, 0.2) is 0 Å². The summed E-state index contributed by atoms with van der Waals surface area (Å²) in [5.41, 5.74) is 2.44. The Morgan fingerprint density at radius 3 is 2.96 bits per heavy atom. The van der Waals surface area contributed by atoms with E-state index in [4.69, 9.17) is 9.72 Å². The van der Waals surface area contributed by atoms with E-state index in [1.807, 2.05) is 17.9 Å². The zero-order valence-electron chi connectivity index (χ0n) is 14.0. The normalized spacial score (nSPS) is 28.2. The van der Waals surface area contributed by atoms with Crippen LogP contribution in [0.25, 0.3) is 0 Å². The summed E-state index contributed by atoms with van der Waals surface area (Å²) < 4.78 is 8.25. The molecule has 4 rings (SSSR count). The molecule has 2 fully saturated rings. The van der Waals surface area contributed by atoms with Gasteiger partial charge in [-0.15, -0.1) is 11.3 Å². The van der Waals surface area contributed by atoms with E-state index >= 15 is 0 Å². The van der Waals surface area contributed by atoms with Crippen molar-refractivity contribution >= 4 is 11.3 Å².